The maximum atomic E-state index is 13.9. The van der Waals surface area contributed by atoms with Gasteiger partial charge in [0.15, 0.2) is 16.6 Å². The third kappa shape index (κ3) is 13.5. The Labute approximate surface area is 338 Å². The fourth-order valence-corrected chi connectivity index (χ4v) is 13.2. The monoisotopic (exact) mass is 796 g/mol. The van der Waals surface area contributed by atoms with Crippen molar-refractivity contribution in [3.8, 4) is 0 Å². The number of hydrogen-bond donors (Lipinski definition) is 2. The molecule has 8 nitrogen and oxygen atoms in total. The Bertz CT molecular complexity index is 1550. The summed E-state index contributed by atoms with van der Waals surface area (Å²) in [7, 11) is -4.78. The lowest BCUT2D eigenvalue weighted by molar-refractivity contribution is -0.00733. The zero-order valence-electron chi connectivity index (χ0n) is 34.4. The zero-order chi connectivity index (χ0) is 40.2. The van der Waals surface area contributed by atoms with Crippen molar-refractivity contribution >= 4 is 28.8 Å². The topological polar surface area (TPSA) is 95.1 Å². The molecule has 4 aromatic carbocycles. The summed E-state index contributed by atoms with van der Waals surface area (Å²) in [5, 5.41) is 6.59. The average molecular weight is 797 g/mol. The molecule has 0 aliphatic carbocycles. The van der Waals surface area contributed by atoms with Crippen LogP contribution in [0.5, 0.6) is 0 Å². The molecule has 0 bridgehead atoms. The van der Waals surface area contributed by atoms with Crippen molar-refractivity contribution in [1.29, 1.82) is 0 Å². The molecule has 0 fully saturated rings. The fourth-order valence-electron chi connectivity index (χ4n) is 7.40. The number of benzene rings is 4. The molecule has 0 heterocycles. The van der Waals surface area contributed by atoms with Crippen LogP contribution in [0.4, 0.5) is 9.59 Å². The maximum Gasteiger partial charge on any atom is 0.407 e. The molecule has 302 valence electrons. The van der Waals surface area contributed by atoms with Gasteiger partial charge in [0.2, 0.25) is 0 Å². The SMILES string of the molecule is CC[Si](CC)(CC)O[C@H]([C@@H](O[Si](CC)(CC)CC)[C@@H](Cc1ccccc1)NC(=O)OCc1ccccc1)[C@@H](Cc1ccccc1)NC(=O)OCc1ccccc1. The van der Waals surface area contributed by atoms with Gasteiger partial charge in [-0.05, 0) is 71.4 Å². The van der Waals surface area contributed by atoms with Crippen molar-refractivity contribution in [1.82, 2.24) is 10.6 Å². The predicted molar refractivity (Wildman–Crippen MR) is 232 cm³/mol. The summed E-state index contributed by atoms with van der Waals surface area (Å²) in [6.45, 7) is 13.5. The molecule has 4 aromatic rings. The first-order chi connectivity index (χ1) is 27.2. The fraction of sp³-hybridized carbons (Fsp3) is 0.435. The number of nitrogens with one attached hydrogen (secondary N) is 2. The second-order valence-corrected chi connectivity index (χ2v) is 24.1. The van der Waals surface area contributed by atoms with Crippen LogP contribution in [0.15, 0.2) is 121 Å². The van der Waals surface area contributed by atoms with E-state index in [9.17, 15) is 9.59 Å². The molecule has 0 aliphatic rings. The second kappa shape index (κ2) is 23.1. The second-order valence-electron chi connectivity index (χ2n) is 14.7. The van der Waals surface area contributed by atoms with Crippen LogP contribution in [0.2, 0.25) is 36.3 Å². The lowest BCUT2D eigenvalue weighted by atomic mass is 9.91. The highest BCUT2D eigenvalue weighted by Gasteiger charge is 2.46. The highest BCUT2D eigenvalue weighted by atomic mass is 28.4. The van der Waals surface area contributed by atoms with Crippen LogP contribution in [0, 0.1) is 0 Å². The molecule has 4 rings (SSSR count). The zero-order valence-corrected chi connectivity index (χ0v) is 36.4. The Kier molecular flexibility index (Phi) is 18.4. The van der Waals surface area contributed by atoms with Crippen LogP contribution < -0.4 is 10.6 Å². The average Bonchev–Trinajstić information content (AvgIpc) is 3.25. The number of carbonyl (C=O) groups is 2. The van der Waals surface area contributed by atoms with Gasteiger partial charge in [-0.1, -0.05) is 163 Å². The molecule has 2 amide bonds. The van der Waals surface area contributed by atoms with Gasteiger partial charge in [0.05, 0.1) is 24.3 Å². The van der Waals surface area contributed by atoms with Crippen molar-refractivity contribution in [2.24, 2.45) is 0 Å². The van der Waals surface area contributed by atoms with Crippen molar-refractivity contribution in [2.45, 2.75) is 128 Å². The number of carbonyl (C=O) groups excluding carboxylic acids is 2. The van der Waals surface area contributed by atoms with Gasteiger partial charge in [-0.2, -0.15) is 0 Å². The van der Waals surface area contributed by atoms with Gasteiger partial charge >= 0.3 is 12.2 Å². The number of alkyl carbamates (subject to hydrolysis) is 2. The molecule has 56 heavy (non-hydrogen) atoms. The first kappa shape index (κ1) is 44.5. The van der Waals surface area contributed by atoms with Gasteiger partial charge in [0.25, 0.3) is 0 Å². The highest BCUT2D eigenvalue weighted by Crippen LogP contribution is 2.33. The summed E-state index contributed by atoms with van der Waals surface area (Å²) < 4.78 is 27.0. The number of ether oxygens (including phenoxy) is 2. The molecular formula is C46H64N2O6Si2. The van der Waals surface area contributed by atoms with E-state index in [1.54, 1.807) is 0 Å². The molecule has 0 aliphatic heterocycles. The van der Waals surface area contributed by atoms with E-state index in [4.69, 9.17) is 18.3 Å². The van der Waals surface area contributed by atoms with E-state index in [0.29, 0.717) is 12.8 Å². The molecule has 2 N–H and O–H groups in total. The molecule has 10 heteroatoms. The van der Waals surface area contributed by atoms with E-state index >= 15 is 0 Å². The summed E-state index contributed by atoms with van der Waals surface area (Å²) in [5.74, 6) is 0. The summed E-state index contributed by atoms with van der Waals surface area (Å²) in [6.07, 6.45) is -1.38. The first-order valence-corrected chi connectivity index (χ1v) is 25.6. The highest BCUT2D eigenvalue weighted by molar-refractivity contribution is 6.74. The Morgan fingerprint density at radius 2 is 0.714 bits per heavy atom. The molecule has 0 aromatic heterocycles. The summed E-state index contributed by atoms with van der Waals surface area (Å²) >= 11 is 0. The number of amides is 2. The van der Waals surface area contributed by atoms with E-state index in [0.717, 1.165) is 58.5 Å². The van der Waals surface area contributed by atoms with Crippen LogP contribution in [0.1, 0.15) is 63.8 Å². The summed E-state index contributed by atoms with van der Waals surface area (Å²) in [5.41, 5.74) is 3.89. The normalized spacial score (nSPS) is 13.9. The molecular weight excluding hydrogens is 733 g/mol. The van der Waals surface area contributed by atoms with Gasteiger partial charge in [-0.3, -0.25) is 0 Å². The van der Waals surface area contributed by atoms with Gasteiger partial charge in [-0.25, -0.2) is 9.59 Å². The summed E-state index contributed by atoms with van der Waals surface area (Å²) in [6, 6.07) is 44.0. The van der Waals surface area contributed by atoms with Gasteiger partial charge in [-0.15, -0.1) is 0 Å². The van der Waals surface area contributed by atoms with E-state index in [1.807, 2.05) is 97.1 Å². The van der Waals surface area contributed by atoms with Crippen molar-refractivity contribution in [3.05, 3.63) is 144 Å². The molecule has 0 radical (unpaired) electrons. The Balaban J connectivity index is 1.86. The predicted octanol–water partition coefficient (Wildman–Crippen LogP) is 10.8. The lowest BCUT2D eigenvalue weighted by Crippen LogP contribution is -2.64. The van der Waals surface area contributed by atoms with Crippen LogP contribution in [-0.4, -0.2) is 53.1 Å². The standard InChI is InChI=1S/C46H64N2O6Si2/c1-7-55(8-2,9-3)53-43(41(33-37-25-17-13-18-26-37)47-45(49)51-35-39-29-21-15-22-30-39)44(54-56(10-4,11-5)12-6)42(34-38-27-19-14-20-28-38)48-46(50)52-36-40-31-23-16-24-32-40/h13-32,41-44H,7-12,33-36H2,1-6H3,(H,47,49)(H,48,50)/t41-,42-,43+,44+/m1/s1. The largest absolute Gasteiger partial charge is 0.445 e. The smallest absolute Gasteiger partial charge is 0.407 e. The van der Waals surface area contributed by atoms with Crippen LogP contribution >= 0.6 is 0 Å². The molecule has 0 saturated carbocycles. The van der Waals surface area contributed by atoms with Crippen molar-refractivity contribution in [3.63, 3.8) is 0 Å². The van der Waals surface area contributed by atoms with Gasteiger partial charge in [0.1, 0.15) is 13.2 Å². The minimum absolute atomic E-state index is 0.136. The third-order valence-corrected chi connectivity index (χ3v) is 20.7. The number of hydrogen-bond acceptors (Lipinski definition) is 6. The van der Waals surface area contributed by atoms with Gasteiger partial charge in [0, 0.05) is 0 Å². The van der Waals surface area contributed by atoms with Crippen LogP contribution in [0.25, 0.3) is 0 Å². The van der Waals surface area contributed by atoms with Gasteiger partial charge < -0.3 is 29.0 Å². The summed E-state index contributed by atoms with van der Waals surface area (Å²) in [4.78, 5) is 27.9. The Morgan fingerprint density at radius 3 is 0.982 bits per heavy atom. The molecule has 0 unspecified atom stereocenters. The lowest BCUT2D eigenvalue weighted by Gasteiger charge is -2.46. The molecule has 0 spiro atoms. The van der Waals surface area contributed by atoms with E-state index in [2.05, 4.69) is 76.4 Å². The first-order valence-electron chi connectivity index (χ1n) is 20.6. The van der Waals surface area contributed by atoms with E-state index in [-0.39, 0.29) is 13.2 Å². The quantitative estimate of drug-likeness (QED) is 0.0726. The minimum atomic E-state index is -2.39. The Hall–Kier alpha value is -4.23. The maximum absolute atomic E-state index is 13.9. The van der Waals surface area contributed by atoms with Crippen molar-refractivity contribution in [2.75, 3.05) is 0 Å². The molecule has 0 saturated heterocycles. The van der Waals surface area contributed by atoms with Crippen LogP contribution in [0.3, 0.4) is 0 Å². The minimum Gasteiger partial charge on any atom is -0.445 e. The van der Waals surface area contributed by atoms with E-state index in [1.165, 1.54) is 0 Å². The third-order valence-electron chi connectivity index (χ3n) is 11.4. The Morgan fingerprint density at radius 1 is 0.446 bits per heavy atom. The van der Waals surface area contributed by atoms with Crippen LogP contribution in [-0.2, 0) is 44.4 Å². The van der Waals surface area contributed by atoms with Crippen molar-refractivity contribution < 1.29 is 27.9 Å². The number of rotatable bonds is 23. The molecule has 4 atom stereocenters. The van der Waals surface area contributed by atoms with E-state index < -0.39 is 53.1 Å².